The van der Waals surface area contributed by atoms with Gasteiger partial charge in [0.2, 0.25) is 0 Å². The molecule has 2 rings (SSSR count). The lowest BCUT2D eigenvalue weighted by Gasteiger charge is -2.34. The van der Waals surface area contributed by atoms with Gasteiger partial charge in [-0.3, -0.25) is 5.41 Å². The Labute approximate surface area is 100 Å². The predicted octanol–water partition coefficient (Wildman–Crippen LogP) is 0.671. The molecule has 1 aliphatic heterocycles. The molecule has 3 N–H and O–H groups in total. The summed E-state index contributed by atoms with van der Waals surface area (Å²) < 4.78 is 0. The van der Waals surface area contributed by atoms with Crippen molar-refractivity contribution >= 4 is 5.84 Å². The highest BCUT2D eigenvalue weighted by molar-refractivity contribution is 5.97. The molecule has 0 aromatic heterocycles. The summed E-state index contributed by atoms with van der Waals surface area (Å²) in [4.78, 5) is 4.20. The van der Waals surface area contributed by atoms with Crippen molar-refractivity contribution in [3.05, 3.63) is 23.8 Å². The van der Waals surface area contributed by atoms with E-state index in [0.29, 0.717) is 11.4 Å². The van der Waals surface area contributed by atoms with Crippen LogP contribution in [-0.4, -0.2) is 59.1 Å². The molecule has 1 aliphatic rings. The molecule has 1 aromatic carbocycles. The van der Waals surface area contributed by atoms with E-state index in [9.17, 15) is 10.2 Å². The van der Waals surface area contributed by atoms with E-state index in [1.807, 2.05) is 4.90 Å². The lowest BCUT2D eigenvalue weighted by molar-refractivity contribution is 0.215. The third-order valence-electron chi connectivity index (χ3n) is 3.07. The Bertz CT molecular complexity index is 426. The van der Waals surface area contributed by atoms with E-state index in [0.717, 1.165) is 26.2 Å². The van der Waals surface area contributed by atoms with Gasteiger partial charge in [-0.15, -0.1) is 0 Å². The van der Waals surface area contributed by atoms with Gasteiger partial charge in [0.25, 0.3) is 0 Å². The number of nitrogens with zero attached hydrogens (tertiary/aromatic N) is 2. The fraction of sp³-hybridized carbons (Fsp3) is 0.417. The lowest BCUT2D eigenvalue weighted by atomic mass is 10.1. The molecular formula is C12H17N3O2. The number of nitrogens with one attached hydrogen (secondary N) is 1. The molecule has 0 saturated carbocycles. The van der Waals surface area contributed by atoms with E-state index in [4.69, 9.17) is 5.41 Å². The molecule has 0 aliphatic carbocycles. The van der Waals surface area contributed by atoms with E-state index < -0.39 is 0 Å². The molecule has 1 saturated heterocycles. The average molecular weight is 235 g/mol. The van der Waals surface area contributed by atoms with Crippen LogP contribution in [0.2, 0.25) is 0 Å². The maximum absolute atomic E-state index is 9.42. The van der Waals surface area contributed by atoms with Crippen LogP contribution >= 0.6 is 0 Å². The summed E-state index contributed by atoms with van der Waals surface area (Å²) in [5, 5.41) is 26.7. The minimum Gasteiger partial charge on any atom is -0.504 e. The number of amidine groups is 1. The maximum atomic E-state index is 9.42. The number of likely N-dealkylation sites (N-methyl/N-ethyl adjacent to an activating group) is 1. The van der Waals surface area contributed by atoms with Crippen LogP contribution < -0.4 is 0 Å². The molecule has 5 heteroatoms. The number of rotatable bonds is 1. The quantitative estimate of drug-likeness (QED) is 0.380. The Balaban J connectivity index is 2.11. The summed E-state index contributed by atoms with van der Waals surface area (Å²) >= 11 is 0. The van der Waals surface area contributed by atoms with Crippen molar-refractivity contribution in [1.82, 2.24) is 9.80 Å². The fourth-order valence-electron chi connectivity index (χ4n) is 1.88. The standard InChI is InChI=1S/C12H17N3O2/c1-14-4-6-15(7-5-14)12(13)9-2-3-10(16)11(17)8-9/h2-3,8,13,16-17H,4-7H2,1H3. The molecule has 0 spiro atoms. The second-order valence-corrected chi connectivity index (χ2v) is 4.34. The van der Waals surface area contributed by atoms with Gasteiger partial charge < -0.3 is 20.0 Å². The third kappa shape index (κ3) is 2.50. The van der Waals surface area contributed by atoms with Gasteiger partial charge >= 0.3 is 0 Å². The van der Waals surface area contributed by atoms with E-state index >= 15 is 0 Å². The molecule has 1 aromatic rings. The van der Waals surface area contributed by atoms with Crippen molar-refractivity contribution in [2.45, 2.75) is 0 Å². The van der Waals surface area contributed by atoms with Gasteiger partial charge in [-0.1, -0.05) is 0 Å². The van der Waals surface area contributed by atoms with Gasteiger partial charge in [0.15, 0.2) is 11.5 Å². The highest BCUT2D eigenvalue weighted by Gasteiger charge is 2.18. The first-order chi connectivity index (χ1) is 8.08. The monoisotopic (exact) mass is 235 g/mol. The smallest absolute Gasteiger partial charge is 0.158 e. The predicted molar refractivity (Wildman–Crippen MR) is 65.7 cm³/mol. The largest absolute Gasteiger partial charge is 0.504 e. The molecule has 0 bridgehead atoms. The molecule has 17 heavy (non-hydrogen) atoms. The zero-order chi connectivity index (χ0) is 12.4. The molecular weight excluding hydrogens is 218 g/mol. The second-order valence-electron chi connectivity index (χ2n) is 4.34. The van der Waals surface area contributed by atoms with Crippen LogP contribution in [0.15, 0.2) is 18.2 Å². The molecule has 0 atom stereocenters. The summed E-state index contributed by atoms with van der Waals surface area (Å²) in [6, 6.07) is 4.49. The van der Waals surface area contributed by atoms with Gasteiger partial charge in [0.05, 0.1) is 0 Å². The number of aromatic hydroxyl groups is 2. The normalized spacial score (nSPS) is 17.1. The van der Waals surface area contributed by atoms with E-state index in [-0.39, 0.29) is 11.5 Å². The molecule has 1 heterocycles. The van der Waals surface area contributed by atoms with Crippen molar-refractivity contribution < 1.29 is 10.2 Å². The summed E-state index contributed by atoms with van der Waals surface area (Å²) in [7, 11) is 2.06. The van der Waals surface area contributed by atoms with E-state index in [1.54, 1.807) is 6.07 Å². The Morgan fingerprint density at radius 2 is 1.76 bits per heavy atom. The van der Waals surface area contributed by atoms with Crippen LogP contribution in [0.5, 0.6) is 11.5 Å². The molecule has 0 radical (unpaired) electrons. The summed E-state index contributed by atoms with van der Waals surface area (Å²) in [5.74, 6) is 0.0645. The van der Waals surface area contributed by atoms with E-state index in [2.05, 4.69) is 11.9 Å². The zero-order valence-corrected chi connectivity index (χ0v) is 9.85. The van der Waals surface area contributed by atoms with Crippen LogP contribution in [0.25, 0.3) is 0 Å². The van der Waals surface area contributed by atoms with Gasteiger partial charge in [0, 0.05) is 31.7 Å². The second kappa shape index (κ2) is 4.63. The topological polar surface area (TPSA) is 70.8 Å². The number of benzene rings is 1. The minimum atomic E-state index is -0.179. The summed E-state index contributed by atoms with van der Waals surface area (Å²) in [5.41, 5.74) is 0.629. The van der Waals surface area contributed by atoms with Crippen LogP contribution in [-0.2, 0) is 0 Å². The first-order valence-corrected chi connectivity index (χ1v) is 5.62. The van der Waals surface area contributed by atoms with Gasteiger partial charge in [0.1, 0.15) is 5.84 Å². The van der Waals surface area contributed by atoms with Crippen LogP contribution in [0.4, 0.5) is 0 Å². The zero-order valence-electron chi connectivity index (χ0n) is 9.85. The molecule has 0 amide bonds. The van der Waals surface area contributed by atoms with Gasteiger partial charge in [-0.2, -0.15) is 0 Å². The first kappa shape index (κ1) is 11.7. The number of piperazine rings is 1. The van der Waals surface area contributed by atoms with Crippen LogP contribution in [0.1, 0.15) is 5.56 Å². The lowest BCUT2D eigenvalue weighted by Crippen LogP contribution is -2.47. The Kier molecular flexibility index (Phi) is 3.19. The number of phenolic OH excluding ortho intramolecular Hbond substituents is 2. The fourth-order valence-corrected chi connectivity index (χ4v) is 1.88. The highest BCUT2D eigenvalue weighted by Crippen LogP contribution is 2.25. The van der Waals surface area contributed by atoms with Crippen LogP contribution in [0.3, 0.4) is 0 Å². The van der Waals surface area contributed by atoms with Gasteiger partial charge in [-0.05, 0) is 25.2 Å². The molecule has 1 fully saturated rings. The number of phenols is 2. The van der Waals surface area contributed by atoms with Crippen molar-refractivity contribution in [2.75, 3.05) is 33.2 Å². The van der Waals surface area contributed by atoms with Crippen molar-refractivity contribution in [1.29, 1.82) is 5.41 Å². The molecule has 5 nitrogen and oxygen atoms in total. The van der Waals surface area contributed by atoms with Gasteiger partial charge in [-0.25, -0.2) is 0 Å². The number of hydrogen-bond donors (Lipinski definition) is 3. The van der Waals surface area contributed by atoms with Crippen molar-refractivity contribution in [3.8, 4) is 11.5 Å². The summed E-state index contributed by atoms with van der Waals surface area (Å²) in [6.07, 6.45) is 0. The Morgan fingerprint density at radius 3 is 2.35 bits per heavy atom. The highest BCUT2D eigenvalue weighted by atomic mass is 16.3. The average Bonchev–Trinajstić information content (AvgIpc) is 2.33. The first-order valence-electron chi connectivity index (χ1n) is 5.62. The van der Waals surface area contributed by atoms with Crippen molar-refractivity contribution in [3.63, 3.8) is 0 Å². The molecule has 92 valence electrons. The minimum absolute atomic E-state index is 0.153. The third-order valence-corrected chi connectivity index (χ3v) is 3.07. The molecule has 0 unspecified atom stereocenters. The SMILES string of the molecule is CN1CCN(C(=N)c2ccc(O)c(O)c2)CC1. The Hall–Kier alpha value is -1.75. The van der Waals surface area contributed by atoms with Crippen LogP contribution in [0, 0.1) is 5.41 Å². The maximum Gasteiger partial charge on any atom is 0.158 e. The number of hydrogen-bond acceptors (Lipinski definition) is 4. The Morgan fingerprint density at radius 1 is 1.12 bits per heavy atom. The van der Waals surface area contributed by atoms with Crippen molar-refractivity contribution in [2.24, 2.45) is 0 Å². The summed E-state index contributed by atoms with van der Waals surface area (Å²) in [6.45, 7) is 3.51. The van der Waals surface area contributed by atoms with E-state index in [1.165, 1.54) is 12.1 Å².